The van der Waals surface area contributed by atoms with Crippen LogP contribution in [0.2, 0.25) is 0 Å². The number of nitrogens with zero attached hydrogens (tertiary/aromatic N) is 1. The summed E-state index contributed by atoms with van der Waals surface area (Å²) in [7, 11) is 1.59. The van der Waals surface area contributed by atoms with Crippen LogP contribution < -0.4 is 10.6 Å². The van der Waals surface area contributed by atoms with E-state index in [4.69, 9.17) is 0 Å². The fourth-order valence-electron chi connectivity index (χ4n) is 1.84. The van der Waals surface area contributed by atoms with Crippen LogP contribution in [0, 0.1) is 0 Å². The predicted molar refractivity (Wildman–Crippen MR) is 55.2 cm³/mol. The number of likely N-dealkylation sites (tertiary alicyclic amines) is 1. The van der Waals surface area contributed by atoms with Crippen LogP contribution in [-0.2, 0) is 9.59 Å². The first kappa shape index (κ1) is 10.4. The molecule has 0 aromatic rings. The molecule has 0 radical (unpaired) electrons. The maximum Gasteiger partial charge on any atom is 0.240 e. The SMILES string of the molecule is CNC(=O)CN1CCC(NC2CC2)C1=O. The molecule has 1 heterocycles. The molecule has 15 heavy (non-hydrogen) atoms. The molecule has 1 aliphatic carbocycles. The van der Waals surface area contributed by atoms with E-state index in [0.29, 0.717) is 12.6 Å². The van der Waals surface area contributed by atoms with Crippen LogP contribution in [0.3, 0.4) is 0 Å². The van der Waals surface area contributed by atoms with Gasteiger partial charge in [-0.3, -0.25) is 9.59 Å². The maximum atomic E-state index is 11.8. The quantitative estimate of drug-likeness (QED) is 0.632. The summed E-state index contributed by atoms with van der Waals surface area (Å²) in [4.78, 5) is 24.6. The fraction of sp³-hybridized carbons (Fsp3) is 0.800. The highest BCUT2D eigenvalue weighted by Crippen LogP contribution is 2.22. The summed E-state index contributed by atoms with van der Waals surface area (Å²) in [5, 5.41) is 5.83. The summed E-state index contributed by atoms with van der Waals surface area (Å²) < 4.78 is 0. The summed E-state index contributed by atoms with van der Waals surface area (Å²) >= 11 is 0. The van der Waals surface area contributed by atoms with Gasteiger partial charge in [0.1, 0.15) is 0 Å². The standard InChI is InChI=1S/C10H17N3O2/c1-11-9(14)6-13-5-4-8(10(13)15)12-7-2-3-7/h7-8,12H,2-6H2,1H3,(H,11,14). The Morgan fingerprint density at radius 3 is 2.80 bits per heavy atom. The molecular formula is C10H17N3O2. The largest absolute Gasteiger partial charge is 0.358 e. The molecule has 2 aliphatic rings. The molecule has 2 fully saturated rings. The van der Waals surface area contributed by atoms with Gasteiger partial charge in [-0.1, -0.05) is 0 Å². The average molecular weight is 211 g/mol. The molecule has 2 N–H and O–H groups in total. The lowest BCUT2D eigenvalue weighted by molar-refractivity contribution is -0.134. The molecule has 1 saturated heterocycles. The van der Waals surface area contributed by atoms with Crippen LogP contribution >= 0.6 is 0 Å². The molecule has 5 nitrogen and oxygen atoms in total. The van der Waals surface area contributed by atoms with Crippen LogP contribution in [-0.4, -0.2) is 48.9 Å². The Morgan fingerprint density at radius 1 is 1.47 bits per heavy atom. The second-order valence-electron chi connectivity index (χ2n) is 4.22. The van der Waals surface area contributed by atoms with E-state index < -0.39 is 0 Å². The third kappa shape index (κ3) is 2.47. The van der Waals surface area contributed by atoms with E-state index in [0.717, 1.165) is 6.42 Å². The number of likely N-dealkylation sites (N-methyl/N-ethyl adjacent to an activating group) is 1. The van der Waals surface area contributed by atoms with Crippen LogP contribution in [0.25, 0.3) is 0 Å². The van der Waals surface area contributed by atoms with Crippen molar-refractivity contribution >= 4 is 11.8 Å². The van der Waals surface area contributed by atoms with E-state index in [-0.39, 0.29) is 24.4 Å². The summed E-state index contributed by atoms with van der Waals surface area (Å²) in [6.07, 6.45) is 3.19. The van der Waals surface area contributed by atoms with E-state index >= 15 is 0 Å². The molecule has 1 unspecified atom stereocenters. The Morgan fingerprint density at radius 2 is 2.20 bits per heavy atom. The van der Waals surface area contributed by atoms with Gasteiger partial charge in [0.05, 0.1) is 12.6 Å². The molecule has 0 spiro atoms. The summed E-state index contributed by atoms with van der Waals surface area (Å²) in [6, 6.07) is 0.487. The van der Waals surface area contributed by atoms with Crippen molar-refractivity contribution in [2.75, 3.05) is 20.1 Å². The van der Waals surface area contributed by atoms with Crippen molar-refractivity contribution in [1.29, 1.82) is 0 Å². The fourth-order valence-corrected chi connectivity index (χ4v) is 1.84. The zero-order valence-corrected chi connectivity index (χ0v) is 8.95. The van der Waals surface area contributed by atoms with Crippen LogP contribution in [0.1, 0.15) is 19.3 Å². The number of nitrogens with one attached hydrogen (secondary N) is 2. The van der Waals surface area contributed by atoms with Gasteiger partial charge in [0, 0.05) is 19.6 Å². The van der Waals surface area contributed by atoms with Gasteiger partial charge in [0.15, 0.2) is 0 Å². The smallest absolute Gasteiger partial charge is 0.240 e. The highest BCUT2D eigenvalue weighted by molar-refractivity contribution is 5.89. The van der Waals surface area contributed by atoms with Crippen LogP contribution in [0.4, 0.5) is 0 Å². The molecule has 1 atom stereocenters. The lowest BCUT2D eigenvalue weighted by atomic mass is 10.2. The van der Waals surface area contributed by atoms with Gasteiger partial charge < -0.3 is 15.5 Å². The minimum absolute atomic E-state index is 0.0536. The highest BCUT2D eigenvalue weighted by Gasteiger charge is 2.35. The number of rotatable bonds is 4. The van der Waals surface area contributed by atoms with Crippen molar-refractivity contribution in [2.45, 2.75) is 31.3 Å². The average Bonchev–Trinajstić information content (AvgIpc) is 2.98. The lowest BCUT2D eigenvalue weighted by Crippen LogP contribution is -2.42. The van der Waals surface area contributed by atoms with Gasteiger partial charge in [0.2, 0.25) is 11.8 Å². The molecule has 0 bridgehead atoms. The second kappa shape index (κ2) is 4.18. The monoisotopic (exact) mass is 211 g/mol. The van der Waals surface area contributed by atoms with Crippen molar-refractivity contribution in [3.05, 3.63) is 0 Å². The molecule has 2 amide bonds. The molecule has 0 aromatic heterocycles. The van der Waals surface area contributed by atoms with Gasteiger partial charge in [-0.2, -0.15) is 0 Å². The van der Waals surface area contributed by atoms with Gasteiger partial charge in [-0.15, -0.1) is 0 Å². The maximum absolute atomic E-state index is 11.8. The van der Waals surface area contributed by atoms with Crippen LogP contribution in [0.15, 0.2) is 0 Å². The Hall–Kier alpha value is -1.10. The number of carbonyl (C=O) groups is 2. The molecule has 2 rings (SSSR count). The van der Waals surface area contributed by atoms with Crippen LogP contribution in [0.5, 0.6) is 0 Å². The zero-order chi connectivity index (χ0) is 10.8. The summed E-state index contributed by atoms with van der Waals surface area (Å²) in [5.41, 5.74) is 0. The van der Waals surface area contributed by atoms with Gasteiger partial charge in [-0.05, 0) is 19.3 Å². The molecular weight excluding hydrogens is 194 g/mol. The second-order valence-corrected chi connectivity index (χ2v) is 4.22. The molecule has 84 valence electrons. The van der Waals surface area contributed by atoms with Crippen molar-refractivity contribution in [1.82, 2.24) is 15.5 Å². The predicted octanol–water partition coefficient (Wildman–Crippen LogP) is -0.915. The first-order chi connectivity index (χ1) is 7.20. The summed E-state index contributed by atoms with van der Waals surface area (Å²) in [6.45, 7) is 0.884. The van der Waals surface area contributed by atoms with Crippen molar-refractivity contribution < 1.29 is 9.59 Å². The summed E-state index contributed by atoms with van der Waals surface area (Å²) in [5.74, 6) is -0.0269. The van der Waals surface area contributed by atoms with E-state index in [2.05, 4.69) is 10.6 Å². The number of amides is 2. The zero-order valence-electron chi connectivity index (χ0n) is 8.95. The minimum Gasteiger partial charge on any atom is -0.358 e. The van der Waals surface area contributed by atoms with E-state index in [1.54, 1.807) is 11.9 Å². The first-order valence-corrected chi connectivity index (χ1v) is 5.46. The third-order valence-corrected chi connectivity index (χ3v) is 2.93. The topological polar surface area (TPSA) is 61.4 Å². The first-order valence-electron chi connectivity index (χ1n) is 5.46. The van der Waals surface area contributed by atoms with E-state index in [9.17, 15) is 9.59 Å². The molecule has 0 aromatic carbocycles. The normalized spacial score (nSPS) is 25.8. The Balaban J connectivity index is 1.82. The molecule has 1 aliphatic heterocycles. The molecule has 1 saturated carbocycles. The number of carbonyl (C=O) groups excluding carboxylic acids is 2. The Kier molecular flexibility index (Phi) is 2.90. The van der Waals surface area contributed by atoms with E-state index in [1.165, 1.54) is 12.8 Å². The van der Waals surface area contributed by atoms with Gasteiger partial charge >= 0.3 is 0 Å². The Bertz CT molecular complexity index is 276. The third-order valence-electron chi connectivity index (χ3n) is 2.93. The van der Waals surface area contributed by atoms with Crippen molar-refractivity contribution in [3.8, 4) is 0 Å². The highest BCUT2D eigenvalue weighted by atomic mass is 16.2. The van der Waals surface area contributed by atoms with Crippen molar-refractivity contribution in [3.63, 3.8) is 0 Å². The minimum atomic E-state index is -0.101. The van der Waals surface area contributed by atoms with E-state index in [1.807, 2.05) is 0 Å². The Labute approximate surface area is 89.2 Å². The molecule has 5 heteroatoms. The van der Waals surface area contributed by atoms with Gasteiger partial charge in [0.25, 0.3) is 0 Å². The number of hydrogen-bond acceptors (Lipinski definition) is 3. The van der Waals surface area contributed by atoms with Crippen molar-refractivity contribution in [2.24, 2.45) is 0 Å². The lowest BCUT2D eigenvalue weighted by Gasteiger charge is -2.15. The number of hydrogen-bond donors (Lipinski definition) is 2. The van der Waals surface area contributed by atoms with Gasteiger partial charge in [-0.25, -0.2) is 0 Å².